The van der Waals surface area contributed by atoms with Crippen LogP contribution in [0.5, 0.6) is 0 Å². The minimum absolute atomic E-state index is 0.112. The monoisotopic (exact) mass is 232 g/mol. The lowest BCUT2D eigenvalue weighted by molar-refractivity contribution is 0.302. The second-order valence-corrected chi connectivity index (χ2v) is 5.37. The smallest absolute Gasteiger partial charge is 0.0816 e. The number of unbranched alkanes of at least 4 members (excludes halogenated alkanes) is 1. The molecule has 0 aromatic carbocycles. The Morgan fingerprint density at radius 3 is 2.75 bits per heavy atom. The third kappa shape index (κ3) is 2.22. The van der Waals surface area contributed by atoms with Crippen molar-refractivity contribution in [1.29, 1.82) is 0 Å². The molecule has 0 bridgehead atoms. The van der Waals surface area contributed by atoms with E-state index in [4.69, 9.17) is 0 Å². The fraction of sp³-hybridized carbons (Fsp3) is 0.889. The molecule has 0 radical (unpaired) electrons. The summed E-state index contributed by atoms with van der Waals surface area (Å²) in [6.45, 7) is 8.58. The summed E-state index contributed by atoms with van der Waals surface area (Å²) in [7, 11) is 0. The molecular formula is C9H17BrN2. The molecule has 12 heavy (non-hydrogen) atoms. The first-order valence-corrected chi connectivity index (χ1v) is 5.35. The van der Waals surface area contributed by atoms with E-state index in [0.717, 1.165) is 13.1 Å². The van der Waals surface area contributed by atoms with Gasteiger partial charge in [0.05, 0.1) is 16.6 Å². The highest BCUT2D eigenvalue weighted by Crippen LogP contribution is 2.26. The van der Waals surface area contributed by atoms with Crippen LogP contribution >= 0.6 is 15.9 Å². The largest absolute Gasteiger partial charge is 0.295 e. The maximum atomic E-state index is 4.48. The topological polar surface area (TPSA) is 15.6 Å². The molecule has 2 nitrogen and oxygen atoms in total. The number of rotatable bonds is 3. The molecule has 1 unspecified atom stereocenters. The lowest BCUT2D eigenvalue weighted by Crippen LogP contribution is -2.30. The molecule has 0 aromatic heterocycles. The maximum absolute atomic E-state index is 4.48. The van der Waals surface area contributed by atoms with Crippen molar-refractivity contribution < 1.29 is 0 Å². The number of hydrogen-bond donors (Lipinski definition) is 0. The highest BCUT2D eigenvalue weighted by molar-refractivity contribution is 9.10. The first-order chi connectivity index (χ1) is 5.56. The van der Waals surface area contributed by atoms with E-state index in [1.54, 1.807) is 0 Å². The lowest BCUT2D eigenvalue weighted by Gasteiger charge is -2.18. The zero-order valence-electron chi connectivity index (χ0n) is 8.10. The van der Waals surface area contributed by atoms with Crippen LogP contribution in [0.4, 0.5) is 0 Å². The van der Waals surface area contributed by atoms with Gasteiger partial charge >= 0.3 is 0 Å². The van der Waals surface area contributed by atoms with Crippen LogP contribution in [0, 0.1) is 0 Å². The minimum atomic E-state index is 0.112. The molecule has 0 saturated carbocycles. The van der Waals surface area contributed by atoms with Crippen molar-refractivity contribution in [2.45, 2.75) is 37.9 Å². The quantitative estimate of drug-likeness (QED) is 0.684. The van der Waals surface area contributed by atoms with Crippen molar-refractivity contribution in [2.24, 2.45) is 5.10 Å². The standard InChI is InChI=1S/C9H17BrN2/c1-4-5-6-12-7-9(3,10)8(2)11-12/h4-7H2,1-3H3. The Balaban J connectivity index is 2.44. The summed E-state index contributed by atoms with van der Waals surface area (Å²) in [6.07, 6.45) is 2.48. The van der Waals surface area contributed by atoms with Crippen LogP contribution < -0.4 is 0 Å². The summed E-state index contributed by atoms with van der Waals surface area (Å²) in [5, 5.41) is 6.64. The molecule has 0 aromatic rings. The van der Waals surface area contributed by atoms with Crippen LogP contribution in [0.15, 0.2) is 5.10 Å². The average Bonchev–Trinajstić information content (AvgIpc) is 2.22. The second-order valence-electron chi connectivity index (χ2n) is 3.62. The van der Waals surface area contributed by atoms with Crippen molar-refractivity contribution in [3.63, 3.8) is 0 Å². The van der Waals surface area contributed by atoms with Crippen molar-refractivity contribution in [2.75, 3.05) is 13.1 Å². The highest BCUT2D eigenvalue weighted by Gasteiger charge is 2.32. The fourth-order valence-corrected chi connectivity index (χ4v) is 1.65. The van der Waals surface area contributed by atoms with Crippen molar-refractivity contribution >= 4 is 21.6 Å². The Labute approximate surface area is 83.1 Å². The first-order valence-electron chi connectivity index (χ1n) is 4.56. The molecule has 1 rings (SSSR count). The molecule has 1 atom stereocenters. The second kappa shape index (κ2) is 3.77. The van der Waals surface area contributed by atoms with Gasteiger partial charge in [0.25, 0.3) is 0 Å². The Morgan fingerprint density at radius 2 is 2.33 bits per heavy atom. The fourth-order valence-electron chi connectivity index (χ4n) is 1.28. The van der Waals surface area contributed by atoms with Crippen molar-refractivity contribution in [3.8, 4) is 0 Å². The van der Waals surface area contributed by atoms with Crippen LogP contribution in [0.2, 0.25) is 0 Å². The predicted molar refractivity (Wildman–Crippen MR) is 56.9 cm³/mol. The van der Waals surface area contributed by atoms with Gasteiger partial charge in [0.2, 0.25) is 0 Å². The summed E-state index contributed by atoms with van der Waals surface area (Å²) in [5.74, 6) is 0. The molecular weight excluding hydrogens is 216 g/mol. The number of hydrogen-bond acceptors (Lipinski definition) is 2. The van der Waals surface area contributed by atoms with Gasteiger partial charge in [-0.2, -0.15) is 5.10 Å². The van der Waals surface area contributed by atoms with Gasteiger partial charge in [-0.25, -0.2) is 0 Å². The summed E-state index contributed by atoms with van der Waals surface area (Å²) >= 11 is 3.67. The van der Waals surface area contributed by atoms with E-state index < -0.39 is 0 Å². The van der Waals surface area contributed by atoms with E-state index in [0.29, 0.717) is 0 Å². The number of halogens is 1. The van der Waals surface area contributed by atoms with E-state index in [1.165, 1.54) is 18.6 Å². The molecule has 1 aliphatic heterocycles. The predicted octanol–water partition coefficient (Wildman–Crippen LogP) is 2.63. The van der Waals surface area contributed by atoms with Gasteiger partial charge in [0.15, 0.2) is 0 Å². The van der Waals surface area contributed by atoms with Crippen molar-refractivity contribution in [3.05, 3.63) is 0 Å². The Bertz CT molecular complexity index is 187. The van der Waals surface area contributed by atoms with E-state index in [9.17, 15) is 0 Å². The van der Waals surface area contributed by atoms with Crippen LogP contribution in [-0.4, -0.2) is 28.1 Å². The minimum Gasteiger partial charge on any atom is -0.295 e. The summed E-state index contributed by atoms with van der Waals surface area (Å²) in [4.78, 5) is 0. The Hall–Kier alpha value is -0.0500. The molecule has 0 fully saturated rings. The van der Waals surface area contributed by atoms with Gasteiger partial charge in [-0.3, -0.25) is 5.01 Å². The zero-order valence-corrected chi connectivity index (χ0v) is 9.69. The molecule has 0 amide bonds. The summed E-state index contributed by atoms with van der Waals surface area (Å²) in [5.41, 5.74) is 1.19. The Morgan fingerprint density at radius 1 is 1.67 bits per heavy atom. The third-order valence-corrected chi connectivity index (χ3v) is 3.12. The van der Waals surface area contributed by atoms with Crippen LogP contribution in [0.3, 0.4) is 0 Å². The number of nitrogens with zero attached hydrogens (tertiary/aromatic N) is 2. The molecule has 0 N–H and O–H groups in total. The molecule has 0 spiro atoms. The zero-order chi connectivity index (χ0) is 9.19. The molecule has 0 aliphatic carbocycles. The maximum Gasteiger partial charge on any atom is 0.0816 e. The molecule has 70 valence electrons. The first kappa shape index (κ1) is 10.0. The SMILES string of the molecule is CCCCN1CC(C)(Br)C(C)=N1. The lowest BCUT2D eigenvalue weighted by atomic mass is 10.1. The molecule has 0 saturated heterocycles. The normalized spacial score (nSPS) is 29.3. The summed E-state index contributed by atoms with van der Waals surface area (Å²) in [6, 6.07) is 0. The van der Waals surface area contributed by atoms with E-state index in [2.05, 4.69) is 46.8 Å². The van der Waals surface area contributed by atoms with Crippen LogP contribution in [0.25, 0.3) is 0 Å². The number of hydrazone groups is 1. The van der Waals surface area contributed by atoms with Gasteiger partial charge in [-0.05, 0) is 20.3 Å². The van der Waals surface area contributed by atoms with Gasteiger partial charge in [-0.15, -0.1) is 0 Å². The summed E-state index contributed by atoms with van der Waals surface area (Å²) < 4.78 is 0.112. The highest BCUT2D eigenvalue weighted by atomic mass is 79.9. The van der Waals surface area contributed by atoms with E-state index >= 15 is 0 Å². The van der Waals surface area contributed by atoms with Gasteiger partial charge in [0.1, 0.15) is 0 Å². The van der Waals surface area contributed by atoms with Gasteiger partial charge in [0, 0.05) is 6.54 Å². The van der Waals surface area contributed by atoms with Crippen molar-refractivity contribution in [1.82, 2.24) is 5.01 Å². The van der Waals surface area contributed by atoms with E-state index in [-0.39, 0.29) is 4.32 Å². The van der Waals surface area contributed by atoms with Gasteiger partial charge in [-0.1, -0.05) is 29.3 Å². The van der Waals surface area contributed by atoms with E-state index in [1.807, 2.05) is 0 Å². The van der Waals surface area contributed by atoms with Crippen LogP contribution in [0.1, 0.15) is 33.6 Å². The average molecular weight is 233 g/mol. The third-order valence-electron chi connectivity index (χ3n) is 2.30. The van der Waals surface area contributed by atoms with Crippen LogP contribution in [-0.2, 0) is 0 Å². The molecule has 1 heterocycles. The van der Waals surface area contributed by atoms with Gasteiger partial charge < -0.3 is 0 Å². The number of alkyl halides is 1. The molecule has 1 aliphatic rings. The Kier molecular flexibility index (Phi) is 3.16. The molecule has 3 heteroatoms.